The van der Waals surface area contributed by atoms with Crippen LogP contribution in [-0.2, 0) is 11.3 Å². The number of hydrogen-bond donors (Lipinski definition) is 3. The normalized spacial score (nSPS) is 12.4. The van der Waals surface area contributed by atoms with Crippen molar-refractivity contribution in [3.63, 3.8) is 0 Å². The molecule has 0 amide bonds. The number of fused-ring (bicyclic) bond motifs is 3. The Morgan fingerprint density at radius 1 is 1.18 bits per heavy atom. The van der Waals surface area contributed by atoms with Crippen LogP contribution in [0.3, 0.4) is 0 Å². The summed E-state index contributed by atoms with van der Waals surface area (Å²) in [6.07, 6.45) is 3.96. The van der Waals surface area contributed by atoms with Crippen LogP contribution >= 0.6 is 0 Å². The van der Waals surface area contributed by atoms with Gasteiger partial charge in [0.05, 0.1) is 11.0 Å². The number of carboxylic acid groups (broad SMARTS) is 1. The molecule has 5 rings (SSSR count). The second-order valence-electron chi connectivity index (χ2n) is 7.70. The number of aryl methyl sites for hydroxylation is 1. The Kier molecular flexibility index (Phi) is 6.60. The van der Waals surface area contributed by atoms with Crippen molar-refractivity contribution in [3.05, 3.63) is 52.9 Å². The Morgan fingerprint density at radius 2 is 1.88 bits per heavy atom. The quantitative estimate of drug-likeness (QED) is 0.398. The molecule has 2 aromatic heterocycles. The van der Waals surface area contributed by atoms with E-state index in [0.29, 0.717) is 48.0 Å². The first-order chi connectivity index (χ1) is 16.0. The fourth-order valence-electron chi connectivity index (χ4n) is 3.85. The predicted molar refractivity (Wildman–Crippen MR) is 126 cm³/mol. The summed E-state index contributed by atoms with van der Waals surface area (Å²) in [4.78, 5) is 29.6. The number of aliphatic carboxylic acids is 1. The van der Waals surface area contributed by atoms with Gasteiger partial charge in [-0.05, 0) is 25.5 Å². The summed E-state index contributed by atoms with van der Waals surface area (Å²) in [6, 6.07) is 11.7. The molecule has 0 saturated heterocycles. The maximum atomic E-state index is 12.9. The SMILES string of the molecule is CC(=O)O.NCCCCn1cc(-c2nc3cc4c(cc3[nH]c2=O)OCCO4)c2ccccc21. The van der Waals surface area contributed by atoms with E-state index in [9.17, 15) is 4.79 Å². The molecule has 0 unspecified atom stereocenters. The Bertz CT molecular complexity index is 1350. The third-order valence-electron chi connectivity index (χ3n) is 5.25. The monoisotopic (exact) mass is 450 g/mol. The Labute approximate surface area is 189 Å². The Balaban J connectivity index is 0.000000601. The van der Waals surface area contributed by atoms with E-state index >= 15 is 0 Å². The lowest BCUT2D eigenvalue weighted by Gasteiger charge is -2.18. The number of aromatic nitrogens is 3. The van der Waals surface area contributed by atoms with E-state index in [-0.39, 0.29) is 5.56 Å². The average Bonchev–Trinajstić information content (AvgIpc) is 3.16. The summed E-state index contributed by atoms with van der Waals surface area (Å²) >= 11 is 0. The van der Waals surface area contributed by atoms with Crippen LogP contribution < -0.4 is 20.8 Å². The minimum atomic E-state index is -0.833. The molecule has 3 heterocycles. The zero-order valence-electron chi connectivity index (χ0n) is 18.3. The minimum absolute atomic E-state index is 0.223. The smallest absolute Gasteiger partial charge is 0.300 e. The van der Waals surface area contributed by atoms with Crippen molar-refractivity contribution >= 4 is 27.9 Å². The van der Waals surface area contributed by atoms with E-state index in [2.05, 4.69) is 15.6 Å². The van der Waals surface area contributed by atoms with Crippen molar-refractivity contribution in [2.45, 2.75) is 26.3 Å². The van der Waals surface area contributed by atoms with E-state index in [1.165, 1.54) is 0 Å². The molecule has 1 aliphatic rings. The van der Waals surface area contributed by atoms with E-state index in [0.717, 1.165) is 42.8 Å². The fourth-order valence-corrected chi connectivity index (χ4v) is 3.85. The third-order valence-corrected chi connectivity index (χ3v) is 5.25. The number of aromatic amines is 1. The molecule has 0 fully saturated rings. The second kappa shape index (κ2) is 9.74. The number of H-pyrrole nitrogens is 1. The summed E-state index contributed by atoms with van der Waals surface area (Å²) in [5.41, 5.74) is 9.04. The van der Waals surface area contributed by atoms with Gasteiger partial charge in [0.2, 0.25) is 0 Å². The van der Waals surface area contributed by atoms with Crippen LogP contribution in [-0.4, -0.2) is 45.4 Å². The van der Waals surface area contributed by atoms with Crippen molar-refractivity contribution in [1.82, 2.24) is 14.5 Å². The van der Waals surface area contributed by atoms with Gasteiger partial charge in [-0.3, -0.25) is 9.59 Å². The van der Waals surface area contributed by atoms with E-state index in [4.69, 9.17) is 30.1 Å². The van der Waals surface area contributed by atoms with Crippen LogP contribution in [0.15, 0.2) is 47.4 Å². The van der Waals surface area contributed by atoms with Gasteiger partial charge in [0.15, 0.2) is 11.5 Å². The van der Waals surface area contributed by atoms with Gasteiger partial charge in [-0.1, -0.05) is 18.2 Å². The molecule has 2 aromatic carbocycles. The predicted octanol–water partition coefficient (Wildman–Crippen LogP) is 3.15. The standard InChI is InChI=1S/C22H22N4O3.C2H4O2/c23-7-3-4-8-26-13-15(14-5-1-2-6-18(14)26)21-22(27)25-17-12-20-19(11-16(17)24-21)28-9-10-29-20;1-2(3)4/h1-2,5-6,11-13H,3-4,7-10,23H2,(H,25,27);1H3,(H,3,4). The van der Waals surface area contributed by atoms with E-state index < -0.39 is 5.97 Å². The first-order valence-electron chi connectivity index (χ1n) is 10.8. The summed E-state index contributed by atoms with van der Waals surface area (Å²) < 4.78 is 13.4. The number of ether oxygens (including phenoxy) is 2. The Hall–Kier alpha value is -3.85. The highest BCUT2D eigenvalue weighted by molar-refractivity contribution is 5.96. The molecule has 0 aliphatic carbocycles. The van der Waals surface area contributed by atoms with Gasteiger partial charge in [-0.15, -0.1) is 0 Å². The van der Waals surface area contributed by atoms with Crippen LogP contribution in [0.1, 0.15) is 19.8 Å². The number of nitrogens with one attached hydrogen (secondary N) is 1. The van der Waals surface area contributed by atoms with Crippen LogP contribution in [0.2, 0.25) is 0 Å². The third kappa shape index (κ3) is 4.83. The van der Waals surface area contributed by atoms with Gasteiger partial charge < -0.3 is 29.9 Å². The molecule has 9 heteroatoms. The van der Waals surface area contributed by atoms with E-state index in [1.54, 1.807) is 6.07 Å². The number of hydrogen-bond acceptors (Lipinski definition) is 6. The van der Waals surface area contributed by atoms with Gasteiger partial charge in [-0.25, -0.2) is 4.98 Å². The van der Waals surface area contributed by atoms with Crippen molar-refractivity contribution in [2.24, 2.45) is 5.73 Å². The fraction of sp³-hybridized carbons (Fsp3) is 0.292. The summed E-state index contributed by atoms with van der Waals surface area (Å²) in [5, 5.41) is 8.43. The van der Waals surface area contributed by atoms with Crippen molar-refractivity contribution in [3.8, 4) is 22.8 Å². The lowest BCUT2D eigenvalue weighted by atomic mass is 10.1. The van der Waals surface area contributed by atoms with Gasteiger partial charge in [0.25, 0.3) is 11.5 Å². The number of nitrogens with zero attached hydrogens (tertiary/aromatic N) is 2. The largest absolute Gasteiger partial charge is 0.486 e. The molecule has 9 nitrogen and oxygen atoms in total. The number of carbonyl (C=O) groups is 1. The first kappa shape index (κ1) is 22.3. The van der Waals surface area contributed by atoms with Gasteiger partial charge in [0, 0.05) is 48.3 Å². The van der Waals surface area contributed by atoms with Crippen LogP contribution in [0.5, 0.6) is 11.5 Å². The molecule has 4 N–H and O–H groups in total. The van der Waals surface area contributed by atoms with Crippen LogP contribution in [0.25, 0.3) is 33.2 Å². The first-order valence-corrected chi connectivity index (χ1v) is 10.8. The maximum Gasteiger partial charge on any atom is 0.300 e. The zero-order chi connectivity index (χ0) is 23.4. The molecule has 172 valence electrons. The lowest BCUT2D eigenvalue weighted by molar-refractivity contribution is -0.134. The summed E-state index contributed by atoms with van der Waals surface area (Å²) in [5.74, 6) is 0.448. The maximum absolute atomic E-state index is 12.9. The number of rotatable bonds is 5. The average molecular weight is 450 g/mol. The Morgan fingerprint density at radius 3 is 2.61 bits per heavy atom. The molecule has 0 atom stereocenters. The molecular weight excluding hydrogens is 424 g/mol. The summed E-state index contributed by atoms with van der Waals surface area (Å²) in [6.45, 7) is 3.61. The van der Waals surface area contributed by atoms with Crippen LogP contribution in [0, 0.1) is 0 Å². The zero-order valence-corrected chi connectivity index (χ0v) is 18.3. The van der Waals surface area contributed by atoms with Gasteiger partial charge >= 0.3 is 0 Å². The number of carboxylic acids is 1. The van der Waals surface area contributed by atoms with Crippen molar-refractivity contribution in [2.75, 3.05) is 19.8 Å². The van der Waals surface area contributed by atoms with Crippen LogP contribution in [0.4, 0.5) is 0 Å². The molecule has 1 aliphatic heterocycles. The van der Waals surface area contributed by atoms with Crippen molar-refractivity contribution in [1.29, 1.82) is 0 Å². The number of unbranched alkanes of at least 4 members (excludes halogenated alkanes) is 1. The lowest BCUT2D eigenvalue weighted by Crippen LogP contribution is -2.16. The van der Waals surface area contributed by atoms with E-state index in [1.807, 2.05) is 30.5 Å². The molecule has 4 aromatic rings. The molecular formula is C24H26N4O5. The number of benzene rings is 2. The summed E-state index contributed by atoms with van der Waals surface area (Å²) in [7, 11) is 0. The van der Waals surface area contributed by atoms with Gasteiger partial charge in [-0.2, -0.15) is 0 Å². The highest BCUT2D eigenvalue weighted by Crippen LogP contribution is 2.34. The molecule has 0 spiro atoms. The van der Waals surface area contributed by atoms with Gasteiger partial charge in [0.1, 0.15) is 18.9 Å². The molecule has 0 saturated carbocycles. The minimum Gasteiger partial charge on any atom is -0.486 e. The second-order valence-corrected chi connectivity index (χ2v) is 7.70. The molecule has 33 heavy (non-hydrogen) atoms. The highest BCUT2D eigenvalue weighted by atomic mass is 16.6. The highest BCUT2D eigenvalue weighted by Gasteiger charge is 2.18. The van der Waals surface area contributed by atoms with Crippen molar-refractivity contribution < 1.29 is 19.4 Å². The molecule has 0 radical (unpaired) electrons. The number of para-hydroxylation sites is 1. The number of nitrogens with two attached hydrogens (primary N) is 1. The molecule has 0 bridgehead atoms. The topological polar surface area (TPSA) is 132 Å².